The zero-order valence-corrected chi connectivity index (χ0v) is 13.4. The van der Waals surface area contributed by atoms with Gasteiger partial charge in [-0.1, -0.05) is 6.07 Å². The first-order valence-electron chi connectivity index (χ1n) is 7.63. The van der Waals surface area contributed by atoms with E-state index in [1.54, 1.807) is 11.3 Å². The van der Waals surface area contributed by atoms with Crippen LogP contribution in [-0.4, -0.2) is 31.6 Å². The molecule has 1 saturated heterocycles. The van der Waals surface area contributed by atoms with Crippen LogP contribution in [0.1, 0.15) is 36.0 Å². The summed E-state index contributed by atoms with van der Waals surface area (Å²) < 4.78 is 0. The van der Waals surface area contributed by atoms with Crippen molar-refractivity contribution in [2.45, 2.75) is 32.4 Å². The van der Waals surface area contributed by atoms with Crippen molar-refractivity contribution in [3.8, 4) is 10.6 Å². The van der Waals surface area contributed by atoms with Crippen molar-refractivity contribution >= 4 is 11.3 Å². The zero-order chi connectivity index (χ0) is 14.9. The average Bonchev–Trinajstić information content (AvgIpc) is 3.25. The van der Waals surface area contributed by atoms with E-state index in [2.05, 4.69) is 49.5 Å². The van der Waals surface area contributed by atoms with Crippen LogP contribution in [0, 0.1) is 6.92 Å². The number of aryl methyl sites for hydroxylation is 1. The summed E-state index contributed by atoms with van der Waals surface area (Å²) >= 11 is 1.74. The van der Waals surface area contributed by atoms with Crippen molar-refractivity contribution in [2.75, 3.05) is 6.54 Å². The largest absolute Gasteiger partial charge is 0.345 e. The fourth-order valence-electron chi connectivity index (χ4n) is 3.21. The third-order valence-corrected chi connectivity index (χ3v) is 5.15. The zero-order valence-electron chi connectivity index (χ0n) is 12.5. The number of hydrogen-bond acceptors (Lipinski definition) is 4. The second-order valence-corrected chi connectivity index (χ2v) is 6.78. The Bertz CT molecular complexity index is 742. The van der Waals surface area contributed by atoms with Gasteiger partial charge in [0.05, 0.1) is 22.8 Å². The first-order valence-corrected chi connectivity index (χ1v) is 8.51. The summed E-state index contributed by atoms with van der Waals surface area (Å²) in [5.41, 5.74) is 3.54. The summed E-state index contributed by atoms with van der Waals surface area (Å²) in [6, 6.07) is 4.60. The lowest BCUT2D eigenvalue weighted by atomic mass is 10.1. The van der Waals surface area contributed by atoms with Gasteiger partial charge in [0.2, 0.25) is 0 Å². The number of nitrogens with one attached hydrogen (secondary N) is 2. The molecule has 1 aliphatic rings. The van der Waals surface area contributed by atoms with Gasteiger partial charge >= 0.3 is 0 Å². The minimum Gasteiger partial charge on any atom is -0.345 e. The number of thiophene rings is 1. The molecule has 0 aliphatic carbocycles. The number of imidazole rings is 1. The van der Waals surface area contributed by atoms with Gasteiger partial charge in [-0.2, -0.15) is 5.10 Å². The smallest absolute Gasteiger partial charge is 0.123 e. The standard InChI is InChI=1S/C16H19N5S/c1-11-8-17-16(19-11)13-4-2-6-21(13)10-12-9-18-20-15(12)14-5-3-7-22-14/h3,5,7-9,13H,2,4,6,10H2,1H3,(H,17,19)(H,18,20)/t13-/m1/s1. The molecule has 0 amide bonds. The van der Waals surface area contributed by atoms with E-state index in [0.717, 1.165) is 30.3 Å². The number of aromatic nitrogens is 4. The van der Waals surface area contributed by atoms with Gasteiger partial charge in [-0.15, -0.1) is 11.3 Å². The highest BCUT2D eigenvalue weighted by atomic mass is 32.1. The Labute approximate surface area is 133 Å². The van der Waals surface area contributed by atoms with Crippen molar-refractivity contribution in [3.63, 3.8) is 0 Å². The number of hydrogen-bond donors (Lipinski definition) is 2. The molecule has 1 aliphatic heterocycles. The van der Waals surface area contributed by atoms with Crippen LogP contribution in [-0.2, 0) is 6.54 Å². The van der Waals surface area contributed by atoms with Crippen LogP contribution < -0.4 is 0 Å². The molecule has 0 unspecified atom stereocenters. The summed E-state index contributed by atoms with van der Waals surface area (Å²) in [5.74, 6) is 1.09. The molecule has 0 spiro atoms. The maximum absolute atomic E-state index is 4.53. The fourth-order valence-corrected chi connectivity index (χ4v) is 3.97. The normalized spacial score (nSPS) is 19.0. The molecule has 0 aromatic carbocycles. The Morgan fingerprint density at radius 1 is 1.41 bits per heavy atom. The van der Waals surface area contributed by atoms with Gasteiger partial charge in [0.1, 0.15) is 5.82 Å². The quantitative estimate of drug-likeness (QED) is 0.775. The van der Waals surface area contributed by atoms with Gasteiger partial charge in [0, 0.05) is 24.0 Å². The first-order chi connectivity index (χ1) is 10.8. The molecule has 4 heterocycles. The highest BCUT2D eigenvalue weighted by molar-refractivity contribution is 7.13. The summed E-state index contributed by atoms with van der Waals surface area (Å²) in [4.78, 5) is 11.7. The number of aromatic amines is 2. The first kappa shape index (κ1) is 13.7. The fraction of sp³-hybridized carbons (Fsp3) is 0.375. The van der Waals surface area contributed by atoms with Crippen LogP contribution in [0.4, 0.5) is 0 Å². The van der Waals surface area contributed by atoms with Crippen molar-refractivity contribution in [1.82, 2.24) is 25.1 Å². The molecule has 6 heteroatoms. The Balaban J connectivity index is 1.57. The third-order valence-electron chi connectivity index (χ3n) is 4.26. The number of rotatable bonds is 4. The molecule has 1 atom stereocenters. The van der Waals surface area contributed by atoms with E-state index in [9.17, 15) is 0 Å². The molecular weight excluding hydrogens is 294 g/mol. The van der Waals surface area contributed by atoms with Crippen LogP contribution in [0.25, 0.3) is 10.6 Å². The van der Waals surface area contributed by atoms with E-state index in [4.69, 9.17) is 0 Å². The predicted molar refractivity (Wildman–Crippen MR) is 87.6 cm³/mol. The maximum atomic E-state index is 4.53. The second kappa shape index (κ2) is 5.70. The molecule has 22 heavy (non-hydrogen) atoms. The molecule has 114 valence electrons. The van der Waals surface area contributed by atoms with E-state index in [1.165, 1.54) is 23.3 Å². The summed E-state index contributed by atoms with van der Waals surface area (Å²) in [5, 5.41) is 9.51. The topological polar surface area (TPSA) is 60.6 Å². The molecule has 3 aromatic heterocycles. The lowest BCUT2D eigenvalue weighted by Gasteiger charge is -2.22. The molecule has 0 radical (unpaired) electrons. The molecule has 1 fully saturated rings. The van der Waals surface area contributed by atoms with Gasteiger partial charge < -0.3 is 4.98 Å². The van der Waals surface area contributed by atoms with Gasteiger partial charge in [0.25, 0.3) is 0 Å². The number of nitrogens with zero attached hydrogens (tertiary/aromatic N) is 3. The lowest BCUT2D eigenvalue weighted by Crippen LogP contribution is -2.23. The van der Waals surface area contributed by atoms with E-state index >= 15 is 0 Å². The number of likely N-dealkylation sites (tertiary alicyclic amines) is 1. The van der Waals surface area contributed by atoms with Gasteiger partial charge in [-0.05, 0) is 37.8 Å². The van der Waals surface area contributed by atoms with Gasteiger partial charge in [0.15, 0.2) is 0 Å². The Hall–Kier alpha value is -1.92. The molecule has 2 N–H and O–H groups in total. The number of H-pyrrole nitrogens is 2. The van der Waals surface area contributed by atoms with Crippen LogP contribution in [0.5, 0.6) is 0 Å². The van der Waals surface area contributed by atoms with Crippen molar-refractivity contribution in [2.24, 2.45) is 0 Å². The van der Waals surface area contributed by atoms with Crippen LogP contribution in [0.15, 0.2) is 29.9 Å². The van der Waals surface area contributed by atoms with Gasteiger partial charge in [-0.3, -0.25) is 10.00 Å². The van der Waals surface area contributed by atoms with Gasteiger partial charge in [-0.25, -0.2) is 4.98 Å². The highest BCUT2D eigenvalue weighted by Crippen LogP contribution is 2.33. The molecule has 4 rings (SSSR count). The van der Waals surface area contributed by atoms with Crippen LogP contribution in [0.2, 0.25) is 0 Å². The molecule has 0 saturated carbocycles. The predicted octanol–water partition coefficient (Wildman–Crippen LogP) is 3.51. The summed E-state index contributed by atoms with van der Waals surface area (Å²) in [7, 11) is 0. The van der Waals surface area contributed by atoms with E-state index < -0.39 is 0 Å². The van der Waals surface area contributed by atoms with Crippen molar-refractivity contribution < 1.29 is 0 Å². The monoisotopic (exact) mass is 313 g/mol. The molecule has 3 aromatic rings. The summed E-state index contributed by atoms with van der Waals surface area (Å²) in [6.07, 6.45) is 6.26. The highest BCUT2D eigenvalue weighted by Gasteiger charge is 2.29. The second-order valence-electron chi connectivity index (χ2n) is 5.83. The SMILES string of the molecule is Cc1cnc([C@H]2CCCN2Cc2cn[nH]c2-c2cccs2)[nH]1. The maximum Gasteiger partial charge on any atom is 0.123 e. The van der Waals surface area contributed by atoms with Crippen LogP contribution >= 0.6 is 11.3 Å². The Morgan fingerprint density at radius 3 is 3.14 bits per heavy atom. The molecular formula is C16H19N5S. The van der Waals surface area contributed by atoms with Crippen LogP contribution in [0.3, 0.4) is 0 Å². The average molecular weight is 313 g/mol. The van der Waals surface area contributed by atoms with E-state index in [-0.39, 0.29) is 0 Å². The molecule has 5 nitrogen and oxygen atoms in total. The van der Waals surface area contributed by atoms with Crippen molar-refractivity contribution in [1.29, 1.82) is 0 Å². The van der Waals surface area contributed by atoms with E-state index in [1.807, 2.05) is 12.4 Å². The Morgan fingerprint density at radius 2 is 2.36 bits per heavy atom. The molecule has 0 bridgehead atoms. The minimum absolute atomic E-state index is 0.389. The van der Waals surface area contributed by atoms with E-state index in [0.29, 0.717) is 6.04 Å². The Kier molecular flexibility index (Phi) is 3.56. The van der Waals surface area contributed by atoms with Crippen molar-refractivity contribution in [3.05, 3.63) is 47.0 Å². The minimum atomic E-state index is 0.389. The third kappa shape index (κ3) is 2.48. The summed E-state index contributed by atoms with van der Waals surface area (Å²) in [6.45, 7) is 4.08. The lowest BCUT2D eigenvalue weighted by molar-refractivity contribution is 0.241.